The van der Waals surface area contributed by atoms with Crippen molar-refractivity contribution in [2.45, 2.75) is 56.9 Å². The summed E-state index contributed by atoms with van der Waals surface area (Å²) in [5.41, 5.74) is -1.69. The topological polar surface area (TPSA) is 59.2 Å². The maximum absolute atomic E-state index is 14.5. The second-order valence-electron chi connectivity index (χ2n) is 7.90. The average Bonchev–Trinajstić information content (AvgIpc) is 3.03. The second kappa shape index (κ2) is 7.74. The number of amides is 1. The van der Waals surface area contributed by atoms with Gasteiger partial charge in [0.1, 0.15) is 11.9 Å². The highest BCUT2D eigenvalue weighted by atomic mass is 19.4. The van der Waals surface area contributed by atoms with Crippen LogP contribution in [0.3, 0.4) is 0 Å². The van der Waals surface area contributed by atoms with Crippen molar-refractivity contribution in [3.05, 3.63) is 59.8 Å². The molecule has 30 heavy (non-hydrogen) atoms. The van der Waals surface area contributed by atoms with Gasteiger partial charge in [0.05, 0.1) is 5.56 Å². The highest BCUT2D eigenvalue weighted by Crippen LogP contribution is 2.35. The molecule has 0 saturated heterocycles. The number of aromatic nitrogens is 1. The summed E-state index contributed by atoms with van der Waals surface area (Å²) in [6.45, 7) is 1.76. The van der Waals surface area contributed by atoms with Gasteiger partial charge in [-0.05, 0) is 62.4 Å². The number of rotatable bonds is 4. The minimum absolute atomic E-state index is 0.00826. The summed E-state index contributed by atoms with van der Waals surface area (Å²) in [6.07, 6.45) is 0.703. The Balaban J connectivity index is 1.84. The lowest BCUT2D eigenvalue weighted by molar-refractivity contribution is -0.566. The Morgan fingerprint density at radius 3 is 2.47 bits per heavy atom. The number of carbonyl (C=O) groups excluding carboxylic acids is 1. The highest BCUT2D eigenvalue weighted by molar-refractivity contribution is 6.11. The lowest BCUT2D eigenvalue weighted by Gasteiger charge is -2.29. The molecule has 0 radical (unpaired) electrons. The summed E-state index contributed by atoms with van der Waals surface area (Å²) in [7, 11) is 0. The predicted molar refractivity (Wildman–Crippen MR) is 107 cm³/mol. The summed E-state index contributed by atoms with van der Waals surface area (Å²) < 4.78 is 43.4. The Morgan fingerprint density at radius 2 is 1.83 bits per heavy atom. The van der Waals surface area contributed by atoms with Crippen molar-refractivity contribution in [3.8, 4) is 0 Å². The van der Waals surface area contributed by atoms with E-state index in [-0.39, 0.29) is 17.7 Å². The summed E-state index contributed by atoms with van der Waals surface area (Å²) in [4.78, 5) is 21.3. The van der Waals surface area contributed by atoms with E-state index in [0.717, 1.165) is 24.8 Å². The van der Waals surface area contributed by atoms with Crippen LogP contribution in [0, 0.1) is 6.92 Å². The third kappa shape index (κ3) is 3.55. The molecular weight excluding hydrogens is 393 g/mol. The second-order valence-corrected chi connectivity index (χ2v) is 7.90. The first-order chi connectivity index (χ1) is 14.3. The first-order valence-electron chi connectivity index (χ1n) is 10.1. The Kier molecular flexibility index (Phi) is 5.26. The van der Waals surface area contributed by atoms with E-state index < -0.39 is 17.7 Å². The van der Waals surface area contributed by atoms with Gasteiger partial charge in [0.2, 0.25) is 0 Å². The maximum Gasteiger partial charge on any atom is 0.465 e. The molecule has 2 aliphatic rings. The van der Waals surface area contributed by atoms with Crippen LogP contribution in [0.4, 0.5) is 19.0 Å². The highest BCUT2D eigenvalue weighted by Gasteiger charge is 2.72. The first kappa shape index (κ1) is 20.4. The summed E-state index contributed by atoms with van der Waals surface area (Å²) in [6, 6.07) is 11.6. The van der Waals surface area contributed by atoms with Crippen LogP contribution in [0.25, 0.3) is 0 Å². The molecule has 2 heterocycles. The van der Waals surface area contributed by atoms with E-state index in [1.807, 2.05) is 0 Å². The molecule has 8 heteroatoms. The number of carbonyl (C=O) groups is 1. The molecule has 1 fully saturated rings. The van der Waals surface area contributed by atoms with Crippen LogP contribution >= 0.6 is 0 Å². The third-order valence-corrected chi connectivity index (χ3v) is 5.73. The number of amidine groups is 1. The fourth-order valence-corrected chi connectivity index (χ4v) is 4.21. The molecule has 2 aromatic rings. The Hall–Kier alpha value is -2.90. The van der Waals surface area contributed by atoms with Crippen molar-refractivity contribution in [2.24, 2.45) is 0 Å². The molecule has 1 aliphatic heterocycles. The van der Waals surface area contributed by atoms with Crippen molar-refractivity contribution in [1.29, 1.82) is 0 Å². The number of benzene rings is 1. The van der Waals surface area contributed by atoms with Crippen LogP contribution in [0.1, 0.15) is 43.2 Å². The van der Waals surface area contributed by atoms with Gasteiger partial charge in [-0.2, -0.15) is 18.1 Å². The van der Waals surface area contributed by atoms with Crippen LogP contribution in [-0.2, 0) is 4.79 Å². The van der Waals surface area contributed by atoms with E-state index in [9.17, 15) is 18.0 Å². The van der Waals surface area contributed by atoms with E-state index >= 15 is 0 Å². The van der Waals surface area contributed by atoms with E-state index in [4.69, 9.17) is 0 Å². The van der Waals surface area contributed by atoms with Crippen LogP contribution in [0.15, 0.2) is 48.7 Å². The van der Waals surface area contributed by atoms with Crippen molar-refractivity contribution in [2.75, 3.05) is 5.32 Å². The number of hydrogen-bond donors (Lipinski definition) is 2. The molecule has 1 saturated carbocycles. The fraction of sp³-hybridized carbons (Fsp3) is 0.409. The van der Waals surface area contributed by atoms with Gasteiger partial charge in [-0.3, -0.25) is 0 Å². The first-order valence-corrected chi connectivity index (χ1v) is 10.1. The van der Waals surface area contributed by atoms with Crippen LogP contribution in [0.2, 0.25) is 0 Å². The van der Waals surface area contributed by atoms with Crippen molar-refractivity contribution in [1.82, 2.24) is 9.88 Å². The quantitative estimate of drug-likeness (QED) is 0.805. The number of hydrogen-bond acceptors (Lipinski definition) is 3. The monoisotopic (exact) mass is 417 g/mol. The molecule has 1 aliphatic carbocycles. The van der Waals surface area contributed by atoms with Gasteiger partial charge < -0.3 is 5.32 Å². The maximum atomic E-state index is 14.5. The minimum Gasteiger partial charge on any atom is -0.312 e. The number of nitrogens with one attached hydrogen (secondary N) is 2. The van der Waals surface area contributed by atoms with Gasteiger partial charge in [-0.25, -0.2) is 14.8 Å². The van der Waals surface area contributed by atoms with Gasteiger partial charge >= 0.3 is 17.7 Å². The van der Waals surface area contributed by atoms with Crippen molar-refractivity contribution >= 4 is 17.6 Å². The van der Waals surface area contributed by atoms with Gasteiger partial charge in [0, 0.05) is 6.20 Å². The summed E-state index contributed by atoms with van der Waals surface area (Å²) in [5.74, 6) is -0.861. The zero-order valence-corrected chi connectivity index (χ0v) is 16.7. The van der Waals surface area contributed by atoms with Crippen molar-refractivity contribution in [3.63, 3.8) is 0 Å². The lowest BCUT2D eigenvalue weighted by atomic mass is 9.93. The molecular formula is C22H24F3N4O+. The van der Waals surface area contributed by atoms with Crippen LogP contribution in [-0.4, -0.2) is 39.5 Å². The number of pyridine rings is 1. The zero-order valence-electron chi connectivity index (χ0n) is 16.7. The molecule has 0 unspecified atom stereocenters. The SMILES string of the molecule is Cc1ccnc(N[C@]2(C(F)(F)F)[NH+]=C(c3ccccc3)N(C3CCCCC3)C2=O)c1. The summed E-state index contributed by atoms with van der Waals surface area (Å²) in [5, 5.41) is 2.39. The molecule has 1 aromatic heterocycles. The van der Waals surface area contributed by atoms with Gasteiger partial charge in [-0.1, -0.05) is 24.6 Å². The number of aryl methyl sites for hydroxylation is 1. The summed E-state index contributed by atoms with van der Waals surface area (Å²) >= 11 is 0. The molecule has 1 amide bonds. The van der Waals surface area contributed by atoms with Crippen LogP contribution < -0.4 is 10.3 Å². The number of alkyl halides is 3. The molecule has 0 spiro atoms. The number of nitrogens with zero attached hydrogens (tertiary/aromatic N) is 2. The minimum atomic E-state index is -4.89. The average molecular weight is 417 g/mol. The molecule has 158 valence electrons. The van der Waals surface area contributed by atoms with Gasteiger partial charge in [0.25, 0.3) is 5.84 Å². The van der Waals surface area contributed by atoms with Crippen molar-refractivity contribution < 1.29 is 23.0 Å². The molecule has 0 bridgehead atoms. The number of halogens is 3. The van der Waals surface area contributed by atoms with E-state index in [1.165, 1.54) is 17.2 Å². The smallest absolute Gasteiger partial charge is 0.312 e. The van der Waals surface area contributed by atoms with E-state index in [1.54, 1.807) is 43.3 Å². The van der Waals surface area contributed by atoms with Crippen LogP contribution in [0.5, 0.6) is 0 Å². The molecule has 1 aromatic carbocycles. The molecule has 2 N–H and O–H groups in total. The lowest BCUT2D eigenvalue weighted by Crippen LogP contribution is -2.94. The van der Waals surface area contributed by atoms with Gasteiger partial charge in [0.15, 0.2) is 0 Å². The Bertz CT molecular complexity index is 954. The van der Waals surface area contributed by atoms with E-state index in [2.05, 4.69) is 15.3 Å². The largest absolute Gasteiger partial charge is 0.465 e. The third-order valence-electron chi connectivity index (χ3n) is 5.73. The molecule has 4 rings (SSSR count). The normalized spacial score (nSPS) is 22.9. The predicted octanol–water partition coefficient (Wildman–Crippen LogP) is 2.76. The Labute approximate surface area is 173 Å². The zero-order chi connectivity index (χ0) is 21.4. The Morgan fingerprint density at radius 1 is 1.13 bits per heavy atom. The molecule has 1 atom stereocenters. The van der Waals surface area contributed by atoms with Gasteiger partial charge in [-0.15, -0.1) is 0 Å². The fourth-order valence-electron chi connectivity index (χ4n) is 4.21. The van der Waals surface area contributed by atoms with E-state index in [0.29, 0.717) is 18.4 Å². The molecule has 5 nitrogen and oxygen atoms in total. The number of anilines is 1. The standard InChI is InChI=1S/C22H23F3N4O/c1-15-12-13-26-18(14-15)27-21(22(23,24)25)20(30)29(17-10-6-3-7-11-17)19(28-21)16-8-4-2-5-9-16/h2,4-5,8-9,12-14,17H,3,6-7,10-11H2,1H3,(H,26,27)/p+1/t21-/m0/s1.